The molecule has 0 radical (unpaired) electrons. The van der Waals surface area contributed by atoms with Crippen LogP contribution < -0.4 is 9.55 Å². The monoisotopic (exact) mass is 763 g/mol. The Kier molecular flexibility index (Phi) is 8.61. The SMILES string of the molecule is CC(C)c1cccc(C(C)C)c1-n1cc(C(C)(C)C(C)(C)n2[c-][n+](-c3[c-]cccc3)c3ccccc32)nc1-c1ncc[n-]1.[Pt]. The van der Waals surface area contributed by atoms with E-state index in [0.29, 0.717) is 17.7 Å². The third kappa shape index (κ3) is 5.17. The van der Waals surface area contributed by atoms with Gasteiger partial charge in [0.05, 0.1) is 28.0 Å². The maximum atomic E-state index is 5.34. The smallest absolute Gasteiger partial charge is 0.243 e. The van der Waals surface area contributed by atoms with Gasteiger partial charge in [0, 0.05) is 32.7 Å². The molecule has 6 nitrogen and oxygen atoms in total. The number of fused-ring (bicyclic) bond motifs is 1. The second-order valence-electron chi connectivity index (χ2n) is 13.0. The number of hydrogen-bond acceptors (Lipinski definition) is 2. The van der Waals surface area contributed by atoms with Crippen LogP contribution in [0.25, 0.3) is 34.1 Å². The van der Waals surface area contributed by atoms with Crippen molar-refractivity contribution in [1.29, 1.82) is 0 Å². The first-order valence-electron chi connectivity index (χ1n) is 15.1. The van der Waals surface area contributed by atoms with Crippen molar-refractivity contribution in [3.8, 4) is 23.0 Å². The van der Waals surface area contributed by atoms with Gasteiger partial charge in [0.2, 0.25) is 6.33 Å². The van der Waals surface area contributed by atoms with Crippen molar-refractivity contribution in [2.75, 3.05) is 0 Å². The van der Waals surface area contributed by atoms with E-state index in [0.717, 1.165) is 28.2 Å². The molecule has 0 N–H and O–H groups in total. The van der Waals surface area contributed by atoms with Crippen LogP contribution in [-0.4, -0.2) is 19.1 Å². The van der Waals surface area contributed by atoms with Crippen LogP contribution >= 0.6 is 0 Å². The summed E-state index contributed by atoms with van der Waals surface area (Å²) >= 11 is 0. The second kappa shape index (κ2) is 12.0. The number of para-hydroxylation sites is 4. The van der Waals surface area contributed by atoms with Gasteiger partial charge in [-0.05, 0) is 56.5 Å². The van der Waals surface area contributed by atoms with E-state index in [9.17, 15) is 0 Å². The normalized spacial score (nSPS) is 12.3. The molecule has 3 heterocycles. The van der Waals surface area contributed by atoms with Crippen LogP contribution in [0, 0.1) is 12.4 Å². The molecule has 0 aliphatic carbocycles. The summed E-state index contributed by atoms with van der Waals surface area (Å²) in [6.45, 7) is 18.1. The minimum absolute atomic E-state index is 0. The first kappa shape index (κ1) is 31.7. The molecule has 0 unspecified atom stereocenters. The van der Waals surface area contributed by atoms with Crippen LogP contribution in [0.3, 0.4) is 0 Å². The predicted octanol–water partition coefficient (Wildman–Crippen LogP) is 7.68. The number of aromatic nitrogens is 6. The zero-order valence-electron chi connectivity index (χ0n) is 26.7. The van der Waals surface area contributed by atoms with Gasteiger partial charge in [-0.25, -0.2) is 4.98 Å². The van der Waals surface area contributed by atoms with Crippen molar-refractivity contribution in [3.05, 3.63) is 115 Å². The molecule has 0 bridgehead atoms. The number of nitrogens with zero attached hydrogens (tertiary/aromatic N) is 6. The molecule has 3 aromatic heterocycles. The van der Waals surface area contributed by atoms with E-state index in [1.807, 2.05) is 18.2 Å². The molecule has 6 rings (SSSR count). The maximum Gasteiger partial charge on any atom is 0.243 e. The fourth-order valence-corrected chi connectivity index (χ4v) is 5.93. The van der Waals surface area contributed by atoms with Crippen molar-refractivity contribution in [2.45, 2.75) is 78.2 Å². The van der Waals surface area contributed by atoms with Gasteiger partial charge in [-0.2, -0.15) is 30.3 Å². The largest absolute Gasteiger partial charge is 0.440 e. The van der Waals surface area contributed by atoms with Crippen LogP contribution in [0.2, 0.25) is 0 Å². The van der Waals surface area contributed by atoms with Crippen LogP contribution in [0.5, 0.6) is 0 Å². The van der Waals surface area contributed by atoms with Crippen molar-refractivity contribution < 1.29 is 25.6 Å². The summed E-state index contributed by atoms with van der Waals surface area (Å²) in [6.07, 6.45) is 9.38. The first-order chi connectivity index (χ1) is 20.5. The molecule has 0 saturated carbocycles. The van der Waals surface area contributed by atoms with Gasteiger partial charge >= 0.3 is 0 Å². The fourth-order valence-electron chi connectivity index (χ4n) is 5.93. The molecule has 3 aromatic carbocycles. The maximum absolute atomic E-state index is 5.34. The molecule has 0 atom stereocenters. The summed E-state index contributed by atoms with van der Waals surface area (Å²) < 4.78 is 6.61. The average Bonchev–Trinajstić information content (AvgIpc) is 3.76. The van der Waals surface area contributed by atoms with Crippen LogP contribution in [0.4, 0.5) is 0 Å². The van der Waals surface area contributed by atoms with E-state index >= 15 is 0 Å². The summed E-state index contributed by atoms with van der Waals surface area (Å²) in [7, 11) is 0. The minimum atomic E-state index is -0.436. The molecule has 0 saturated heterocycles. The van der Waals surface area contributed by atoms with Gasteiger partial charge in [-0.1, -0.05) is 88.2 Å². The summed E-state index contributed by atoms with van der Waals surface area (Å²) in [4.78, 5) is 14.5. The molecule has 0 spiro atoms. The van der Waals surface area contributed by atoms with Gasteiger partial charge in [0.15, 0.2) is 0 Å². The molecular weight excluding hydrogens is 724 g/mol. The summed E-state index contributed by atoms with van der Waals surface area (Å²) in [6, 6.07) is 26.5. The second-order valence-corrected chi connectivity index (χ2v) is 13.0. The average molecular weight is 764 g/mol. The van der Waals surface area contributed by atoms with Gasteiger partial charge < -0.3 is 19.1 Å². The van der Waals surface area contributed by atoms with E-state index < -0.39 is 11.0 Å². The van der Waals surface area contributed by atoms with E-state index in [1.54, 1.807) is 12.4 Å². The zero-order chi connectivity index (χ0) is 30.5. The summed E-state index contributed by atoms with van der Waals surface area (Å²) in [5.41, 5.74) is 6.98. The fraction of sp³-hybridized carbons (Fsp3) is 0.324. The van der Waals surface area contributed by atoms with Crippen LogP contribution in [0.1, 0.15) is 84.0 Å². The van der Waals surface area contributed by atoms with Crippen LogP contribution in [0.15, 0.2) is 85.3 Å². The topological polar surface area (TPSA) is 53.6 Å². The zero-order valence-corrected chi connectivity index (χ0v) is 29.0. The number of rotatable bonds is 8. The standard InChI is InChI=1S/C37H40N6.Pt/c1-25(2)28-17-14-18-29(26(3)4)33(28)41-23-32(40-35(41)34-38-21-22-39-34)36(5,6)37(7,8)43-24-42(27-15-10-9-11-16-27)30-19-12-13-20-31(30)43;/h9-15,17-23,25-26H,1-8H3;/q-2;. The van der Waals surface area contributed by atoms with Crippen LogP contribution in [-0.2, 0) is 32.0 Å². The Morgan fingerprint density at radius 3 is 2.16 bits per heavy atom. The molecular formula is C37H40N6Pt-2. The molecule has 7 heteroatoms. The summed E-state index contributed by atoms with van der Waals surface area (Å²) in [5, 5.41) is 0. The number of imidazole rings is 3. The third-order valence-corrected chi connectivity index (χ3v) is 9.18. The Bertz CT molecular complexity index is 1850. The number of benzene rings is 3. The van der Waals surface area contributed by atoms with Gasteiger partial charge in [-0.15, -0.1) is 0 Å². The molecule has 0 aliphatic heterocycles. The summed E-state index contributed by atoms with van der Waals surface area (Å²) in [5.74, 6) is 2.06. The Morgan fingerprint density at radius 2 is 1.55 bits per heavy atom. The quantitative estimate of drug-likeness (QED) is 0.118. The Labute approximate surface area is 275 Å². The van der Waals surface area contributed by atoms with E-state index in [2.05, 4.69) is 146 Å². The van der Waals surface area contributed by atoms with E-state index in [4.69, 9.17) is 4.98 Å². The molecule has 0 aliphatic rings. The molecule has 6 aromatic rings. The van der Waals surface area contributed by atoms with E-state index in [1.165, 1.54) is 16.8 Å². The molecule has 230 valence electrons. The predicted molar refractivity (Wildman–Crippen MR) is 172 cm³/mol. The Balaban J connectivity index is 0.00000384. The minimum Gasteiger partial charge on any atom is -0.440 e. The Hall–Kier alpha value is -3.76. The molecule has 44 heavy (non-hydrogen) atoms. The number of hydrogen-bond donors (Lipinski definition) is 0. The van der Waals surface area contributed by atoms with Gasteiger partial charge in [-0.3, -0.25) is 4.57 Å². The van der Waals surface area contributed by atoms with Crippen molar-refractivity contribution in [2.24, 2.45) is 0 Å². The van der Waals surface area contributed by atoms with Crippen molar-refractivity contribution in [3.63, 3.8) is 0 Å². The van der Waals surface area contributed by atoms with E-state index in [-0.39, 0.29) is 21.1 Å². The molecule has 0 amide bonds. The third-order valence-electron chi connectivity index (χ3n) is 9.18. The first-order valence-corrected chi connectivity index (χ1v) is 15.1. The van der Waals surface area contributed by atoms with Crippen molar-refractivity contribution >= 4 is 11.0 Å². The van der Waals surface area contributed by atoms with Gasteiger partial charge in [0.1, 0.15) is 5.82 Å². The van der Waals surface area contributed by atoms with Gasteiger partial charge in [0.25, 0.3) is 0 Å². The molecule has 0 fully saturated rings. The Morgan fingerprint density at radius 1 is 0.864 bits per heavy atom. The van der Waals surface area contributed by atoms with Crippen molar-refractivity contribution in [1.82, 2.24) is 24.1 Å².